The highest BCUT2D eigenvalue weighted by molar-refractivity contribution is 5.92. The Balaban J connectivity index is 1.46. The molecule has 5 N–H and O–H groups in total. The molecule has 5 aromatic rings. The lowest BCUT2D eigenvalue weighted by molar-refractivity contribution is 0.167. The van der Waals surface area contributed by atoms with E-state index in [1.165, 1.54) is 12.3 Å². The lowest BCUT2D eigenvalue weighted by atomic mass is 9.99. The van der Waals surface area contributed by atoms with Crippen molar-refractivity contribution in [2.24, 2.45) is 5.73 Å². The van der Waals surface area contributed by atoms with E-state index in [1.54, 1.807) is 30.3 Å². The summed E-state index contributed by atoms with van der Waals surface area (Å²) < 4.78 is 19.0. The Kier molecular flexibility index (Phi) is 5.37. The fraction of sp³-hybridized carbons (Fsp3) is 0.0435. The number of H-pyrrole nitrogens is 2. The fourth-order valence-corrected chi connectivity index (χ4v) is 3.72. The quantitative estimate of drug-likeness (QED) is 0.290. The predicted octanol–water partition coefficient (Wildman–Crippen LogP) is 3.22. The minimum Gasteiger partial charge on any atom is -0.359 e. The molecule has 3 heterocycles. The second-order valence-electron chi connectivity index (χ2n) is 7.55. The van der Waals surface area contributed by atoms with Crippen molar-refractivity contribution in [3.63, 3.8) is 0 Å². The molecule has 174 valence electrons. The van der Waals surface area contributed by atoms with Crippen LogP contribution in [-0.4, -0.2) is 37.3 Å². The van der Waals surface area contributed by atoms with Gasteiger partial charge >= 0.3 is 12.2 Å². The second kappa shape index (κ2) is 8.67. The van der Waals surface area contributed by atoms with Gasteiger partial charge in [-0.25, -0.2) is 29.0 Å². The number of aromatic amines is 2. The number of rotatable bonds is 4. The van der Waals surface area contributed by atoms with E-state index in [9.17, 15) is 18.8 Å². The summed E-state index contributed by atoms with van der Waals surface area (Å²) in [6, 6.07) is 13.4. The maximum absolute atomic E-state index is 14.8. The largest absolute Gasteiger partial charge is 0.422 e. The highest BCUT2D eigenvalue weighted by Crippen LogP contribution is 2.27. The number of benzene rings is 2. The van der Waals surface area contributed by atoms with Crippen molar-refractivity contribution in [3.05, 3.63) is 82.2 Å². The average Bonchev–Trinajstić information content (AvgIpc) is 3.23. The minimum atomic E-state index is -1.26. The van der Waals surface area contributed by atoms with Crippen molar-refractivity contribution in [1.82, 2.24) is 25.1 Å². The van der Waals surface area contributed by atoms with E-state index in [0.717, 1.165) is 10.9 Å². The van der Waals surface area contributed by atoms with Crippen LogP contribution in [-0.2, 0) is 11.2 Å². The molecule has 0 bridgehead atoms. The van der Waals surface area contributed by atoms with Gasteiger partial charge in [0.05, 0.1) is 11.1 Å². The molecule has 35 heavy (non-hydrogen) atoms. The first kappa shape index (κ1) is 21.7. The number of imidazole rings is 1. The number of hydrogen-bond acceptors (Lipinski definition) is 7. The molecule has 0 unspecified atom stereocenters. The molecule has 0 fully saturated rings. The Labute approximate surface area is 195 Å². The fourth-order valence-electron chi connectivity index (χ4n) is 3.72. The van der Waals surface area contributed by atoms with Crippen LogP contribution >= 0.6 is 0 Å². The predicted molar refractivity (Wildman–Crippen MR) is 124 cm³/mol. The van der Waals surface area contributed by atoms with Crippen LogP contribution in [0.4, 0.5) is 19.9 Å². The third-order valence-corrected chi connectivity index (χ3v) is 5.24. The number of pyridine rings is 1. The van der Waals surface area contributed by atoms with Gasteiger partial charge in [-0.3, -0.25) is 10.1 Å². The number of carbonyl (C=O) groups excluding carboxylic acids is 2. The third kappa shape index (κ3) is 4.39. The molecule has 12 heteroatoms. The van der Waals surface area contributed by atoms with Gasteiger partial charge in [0.1, 0.15) is 11.3 Å². The van der Waals surface area contributed by atoms with E-state index in [2.05, 4.69) is 35.2 Å². The van der Waals surface area contributed by atoms with Crippen LogP contribution in [0.1, 0.15) is 11.3 Å². The van der Waals surface area contributed by atoms with Crippen LogP contribution in [0, 0.1) is 5.82 Å². The summed E-state index contributed by atoms with van der Waals surface area (Å²) in [6.07, 6.45) is -0.557. The van der Waals surface area contributed by atoms with E-state index in [-0.39, 0.29) is 17.1 Å². The van der Waals surface area contributed by atoms with E-state index in [4.69, 9.17) is 5.73 Å². The van der Waals surface area contributed by atoms with Gasteiger partial charge in [0.15, 0.2) is 5.65 Å². The summed E-state index contributed by atoms with van der Waals surface area (Å²) >= 11 is 0. The first-order valence-corrected chi connectivity index (χ1v) is 10.3. The smallest absolute Gasteiger partial charge is 0.359 e. The number of primary amides is 1. The standard InChI is InChI=1S/C23H16FN7O4/c24-16-6-5-11(8-17-13-3-1-2-4-14(13)20(32)31-30-17)7-15(16)12-9-18-19(26-10-12)28-22(27-18)29-23(34)35-21(25)33/h1-7,9-10H,8H2,(H2,25,33)(H,31,32)(H2,26,27,28,29,34). The number of carbonyl (C=O) groups is 2. The van der Waals surface area contributed by atoms with Crippen LogP contribution in [0.25, 0.3) is 33.1 Å². The summed E-state index contributed by atoms with van der Waals surface area (Å²) in [4.78, 5) is 45.4. The van der Waals surface area contributed by atoms with Crippen molar-refractivity contribution in [1.29, 1.82) is 0 Å². The molecule has 0 spiro atoms. The van der Waals surface area contributed by atoms with E-state index in [1.807, 2.05) is 12.1 Å². The molecular formula is C23H16FN7O4. The Morgan fingerprint density at radius 2 is 1.91 bits per heavy atom. The van der Waals surface area contributed by atoms with Crippen LogP contribution < -0.4 is 16.6 Å². The number of nitrogens with two attached hydrogens (primary N) is 1. The zero-order valence-corrected chi connectivity index (χ0v) is 17.8. The Bertz CT molecular complexity index is 1680. The molecule has 0 aliphatic carbocycles. The highest BCUT2D eigenvalue weighted by Gasteiger charge is 2.14. The van der Waals surface area contributed by atoms with Crippen molar-refractivity contribution >= 4 is 40.1 Å². The number of nitrogens with one attached hydrogen (secondary N) is 3. The minimum absolute atomic E-state index is 0.0267. The maximum Gasteiger partial charge on any atom is 0.422 e. The molecule has 0 aliphatic heterocycles. The summed E-state index contributed by atoms with van der Waals surface area (Å²) in [6.45, 7) is 0. The maximum atomic E-state index is 14.8. The Hall–Kier alpha value is -5.13. The van der Waals surface area contributed by atoms with Gasteiger partial charge in [-0.1, -0.05) is 24.3 Å². The van der Waals surface area contributed by atoms with E-state index in [0.29, 0.717) is 34.2 Å². The lowest BCUT2D eigenvalue weighted by Gasteiger charge is -2.08. The zero-order valence-electron chi connectivity index (χ0n) is 17.8. The van der Waals surface area contributed by atoms with Gasteiger partial charge in [0.25, 0.3) is 5.56 Å². The van der Waals surface area contributed by atoms with Crippen molar-refractivity contribution in [3.8, 4) is 11.1 Å². The number of ether oxygens (including phenoxy) is 1. The molecule has 0 aliphatic rings. The average molecular weight is 473 g/mol. The van der Waals surface area contributed by atoms with Gasteiger partial charge in [-0.15, -0.1) is 0 Å². The topological polar surface area (TPSA) is 169 Å². The normalized spacial score (nSPS) is 11.0. The van der Waals surface area contributed by atoms with Crippen molar-refractivity contribution in [2.75, 3.05) is 5.32 Å². The van der Waals surface area contributed by atoms with Gasteiger partial charge in [-0.05, 0) is 29.8 Å². The molecular weight excluding hydrogens is 457 g/mol. The van der Waals surface area contributed by atoms with E-state index >= 15 is 0 Å². The van der Waals surface area contributed by atoms with Gasteiger partial charge in [-0.2, -0.15) is 5.10 Å². The van der Waals surface area contributed by atoms with Crippen molar-refractivity contribution < 1.29 is 18.7 Å². The molecule has 3 aromatic heterocycles. The molecule has 11 nitrogen and oxygen atoms in total. The number of halogens is 1. The highest BCUT2D eigenvalue weighted by atomic mass is 19.1. The second-order valence-corrected chi connectivity index (χ2v) is 7.55. The summed E-state index contributed by atoms with van der Waals surface area (Å²) in [5.41, 5.74) is 7.34. The van der Waals surface area contributed by atoms with Crippen LogP contribution in [0.5, 0.6) is 0 Å². The summed E-state index contributed by atoms with van der Waals surface area (Å²) in [5, 5.41) is 10.1. The lowest BCUT2D eigenvalue weighted by Crippen LogP contribution is -2.23. The van der Waals surface area contributed by atoms with Gasteiger partial charge < -0.3 is 15.5 Å². The van der Waals surface area contributed by atoms with E-state index < -0.39 is 18.0 Å². The molecule has 2 amide bonds. The summed E-state index contributed by atoms with van der Waals surface area (Å²) in [5.74, 6) is -0.491. The number of anilines is 1. The molecule has 0 atom stereocenters. The van der Waals surface area contributed by atoms with Gasteiger partial charge in [0, 0.05) is 29.1 Å². The molecule has 0 saturated carbocycles. The van der Waals surface area contributed by atoms with Gasteiger partial charge in [0.2, 0.25) is 5.95 Å². The number of amides is 2. The SMILES string of the molecule is NC(=O)OC(=O)Nc1nc2cc(-c3cc(Cc4n[nH]c(=O)c5ccccc45)ccc3F)cnc2[nH]1. The van der Waals surface area contributed by atoms with Crippen LogP contribution in [0.2, 0.25) is 0 Å². The van der Waals surface area contributed by atoms with Crippen LogP contribution in [0.15, 0.2) is 59.5 Å². The first-order chi connectivity index (χ1) is 16.9. The number of hydrogen-bond donors (Lipinski definition) is 4. The number of nitrogens with zero attached hydrogens (tertiary/aromatic N) is 3. The Morgan fingerprint density at radius 1 is 1.11 bits per heavy atom. The summed E-state index contributed by atoms with van der Waals surface area (Å²) in [7, 11) is 0. The third-order valence-electron chi connectivity index (χ3n) is 5.24. The molecule has 2 aromatic carbocycles. The van der Waals surface area contributed by atoms with Crippen LogP contribution in [0.3, 0.4) is 0 Å². The van der Waals surface area contributed by atoms with Crippen molar-refractivity contribution in [2.45, 2.75) is 6.42 Å². The molecule has 5 rings (SSSR count). The monoisotopic (exact) mass is 473 g/mol. The molecule has 0 radical (unpaired) electrons. The molecule has 0 saturated heterocycles. The zero-order chi connectivity index (χ0) is 24.5. The Morgan fingerprint density at radius 3 is 2.71 bits per heavy atom. The first-order valence-electron chi connectivity index (χ1n) is 10.3. The number of aromatic nitrogens is 5. The number of fused-ring (bicyclic) bond motifs is 2.